The average molecular weight is 406 g/mol. The van der Waals surface area contributed by atoms with E-state index < -0.39 is 11.8 Å². The van der Waals surface area contributed by atoms with E-state index in [1.807, 2.05) is 61.5 Å². The van der Waals surface area contributed by atoms with Crippen molar-refractivity contribution in [1.29, 1.82) is 0 Å². The number of benzene rings is 2. The molecular formula is C23H26N4O3. The third-order valence-corrected chi connectivity index (χ3v) is 5.57. The third-order valence-electron chi connectivity index (χ3n) is 5.57. The summed E-state index contributed by atoms with van der Waals surface area (Å²) >= 11 is 0. The van der Waals surface area contributed by atoms with Crippen LogP contribution in [0.2, 0.25) is 0 Å². The van der Waals surface area contributed by atoms with Gasteiger partial charge in [-0.15, -0.1) is 0 Å². The zero-order chi connectivity index (χ0) is 20.9. The van der Waals surface area contributed by atoms with Crippen molar-refractivity contribution in [2.75, 3.05) is 24.5 Å². The van der Waals surface area contributed by atoms with Crippen molar-refractivity contribution in [2.24, 2.45) is 5.92 Å². The first-order valence-corrected chi connectivity index (χ1v) is 10.3. The number of fused-ring (bicyclic) bond motifs is 1. The van der Waals surface area contributed by atoms with Crippen LogP contribution in [0.1, 0.15) is 31.4 Å². The van der Waals surface area contributed by atoms with Gasteiger partial charge in [0.05, 0.1) is 6.04 Å². The first-order chi connectivity index (χ1) is 14.6. The average Bonchev–Trinajstić information content (AvgIpc) is 3.22. The number of piperidine rings is 1. The molecule has 1 aromatic heterocycles. The minimum atomic E-state index is -0.602. The van der Waals surface area contributed by atoms with E-state index >= 15 is 0 Å². The van der Waals surface area contributed by atoms with Crippen molar-refractivity contribution in [1.82, 2.24) is 15.6 Å². The Bertz CT molecular complexity index is 976. The summed E-state index contributed by atoms with van der Waals surface area (Å²) in [6.45, 7) is 3.98. The molecule has 4 rings (SSSR count). The highest BCUT2D eigenvalue weighted by Gasteiger charge is 2.24. The molecule has 1 saturated heterocycles. The molecule has 7 nitrogen and oxygen atoms in total. The molecule has 2 amide bonds. The highest BCUT2D eigenvalue weighted by Crippen LogP contribution is 2.26. The minimum absolute atomic E-state index is 0.219. The number of hydrogen-bond donors (Lipinski definition) is 2. The Labute approximate surface area is 175 Å². The van der Waals surface area contributed by atoms with Crippen LogP contribution in [-0.2, 0) is 9.59 Å². The summed E-state index contributed by atoms with van der Waals surface area (Å²) in [4.78, 5) is 31.0. The lowest BCUT2D eigenvalue weighted by atomic mass is 9.97. The molecule has 2 heterocycles. The fourth-order valence-electron chi connectivity index (χ4n) is 3.73. The van der Waals surface area contributed by atoms with E-state index in [4.69, 9.17) is 4.42 Å². The molecule has 30 heavy (non-hydrogen) atoms. The Balaban J connectivity index is 1.22. The van der Waals surface area contributed by atoms with Crippen molar-refractivity contribution in [3.05, 3.63) is 60.2 Å². The van der Waals surface area contributed by atoms with E-state index in [-0.39, 0.29) is 6.04 Å². The van der Waals surface area contributed by atoms with E-state index in [1.54, 1.807) is 0 Å². The van der Waals surface area contributed by atoms with Crippen LogP contribution in [0.4, 0.5) is 6.01 Å². The summed E-state index contributed by atoms with van der Waals surface area (Å²) in [6, 6.07) is 17.7. The molecule has 2 N–H and O–H groups in total. The Kier molecular flexibility index (Phi) is 5.97. The molecule has 7 heteroatoms. The number of amides is 2. The van der Waals surface area contributed by atoms with Gasteiger partial charge in [-0.05, 0) is 43.4 Å². The number of anilines is 1. The molecule has 3 aromatic rings. The molecule has 1 atom stereocenters. The van der Waals surface area contributed by atoms with Gasteiger partial charge in [-0.25, -0.2) is 0 Å². The summed E-state index contributed by atoms with van der Waals surface area (Å²) in [5.41, 5.74) is 2.61. The summed E-state index contributed by atoms with van der Waals surface area (Å²) < 4.78 is 5.84. The monoisotopic (exact) mass is 406 g/mol. The van der Waals surface area contributed by atoms with Gasteiger partial charge in [0.15, 0.2) is 5.58 Å². The van der Waals surface area contributed by atoms with Gasteiger partial charge >= 0.3 is 11.8 Å². The smallest absolute Gasteiger partial charge is 0.309 e. The second kappa shape index (κ2) is 8.98. The van der Waals surface area contributed by atoms with Crippen LogP contribution in [0.3, 0.4) is 0 Å². The molecule has 0 bridgehead atoms. The maximum atomic E-state index is 12.2. The quantitative estimate of drug-likeness (QED) is 0.636. The van der Waals surface area contributed by atoms with E-state index in [2.05, 4.69) is 20.5 Å². The van der Waals surface area contributed by atoms with Gasteiger partial charge in [0.1, 0.15) is 5.52 Å². The van der Waals surface area contributed by atoms with Crippen LogP contribution in [0.5, 0.6) is 0 Å². The van der Waals surface area contributed by atoms with Crippen LogP contribution in [0.15, 0.2) is 59.0 Å². The molecule has 0 saturated carbocycles. The van der Waals surface area contributed by atoms with Crippen molar-refractivity contribution in [2.45, 2.75) is 25.8 Å². The Morgan fingerprint density at radius 3 is 2.50 bits per heavy atom. The lowest BCUT2D eigenvalue weighted by molar-refractivity contribution is -0.139. The fraction of sp³-hybridized carbons (Fsp3) is 0.348. The van der Waals surface area contributed by atoms with Gasteiger partial charge < -0.3 is 20.0 Å². The second-order valence-electron chi connectivity index (χ2n) is 7.71. The molecule has 1 aliphatic heterocycles. The largest absolute Gasteiger partial charge is 0.423 e. The van der Waals surface area contributed by atoms with Crippen LogP contribution in [0.25, 0.3) is 11.1 Å². The maximum absolute atomic E-state index is 12.2. The van der Waals surface area contributed by atoms with Crippen LogP contribution >= 0.6 is 0 Å². The minimum Gasteiger partial charge on any atom is -0.423 e. The highest BCUT2D eigenvalue weighted by molar-refractivity contribution is 6.35. The predicted molar refractivity (Wildman–Crippen MR) is 115 cm³/mol. The molecule has 0 spiro atoms. The summed E-state index contributed by atoms with van der Waals surface area (Å²) in [5.74, 6) is -0.858. The highest BCUT2D eigenvalue weighted by atomic mass is 16.4. The molecule has 0 aliphatic carbocycles. The number of nitrogens with zero attached hydrogens (tertiary/aromatic N) is 2. The van der Waals surface area contributed by atoms with E-state index in [9.17, 15) is 9.59 Å². The van der Waals surface area contributed by atoms with Crippen molar-refractivity contribution in [3.63, 3.8) is 0 Å². The number of oxazole rings is 1. The lowest BCUT2D eigenvalue weighted by Crippen LogP contribution is -2.44. The number of nitrogens with one attached hydrogen (secondary N) is 2. The Morgan fingerprint density at radius 2 is 1.77 bits per heavy atom. The van der Waals surface area contributed by atoms with Gasteiger partial charge in [0.25, 0.3) is 6.01 Å². The van der Waals surface area contributed by atoms with Crippen LogP contribution in [-0.4, -0.2) is 36.4 Å². The summed E-state index contributed by atoms with van der Waals surface area (Å²) in [7, 11) is 0. The number of carbonyl (C=O) groups excluding carboxylic acids is 2. The second-order valence-corrected chi connectivity index (χ2v) is 7.71. The SMILES string of the molecule is CC(NC(=O)C(=O)NCC1CCN(c2nc3ccccc3o2)CC1)c1ccccc1. The van der Waals surface area contributed by atoms with Gasteiger partial charge in [-0.2, -0.15) is 4.98 Å². The maximum Gasteiger partial charge on any atom is 0.309 e. The van der Waals surface area contributed by atoms with Gasteiger partial charge in [-0.1, -0.05) is 42.5 Å². The topological polar surface area (TPSA) is 87.5 Å². The molecule has 2 aromatic carbocycles. The summed E-state index contributed by atoms with van der Waals surface area (Å²) in [6.07, 6.45) is 1.81. The van der Waals surface area contributed by atoms with E-state index in [0.29, 0.717) is 18.5 Å². The molecule has 0 radical (unpaired) electrons. The Morgan fingerprint density at radius 1 is 1.07 bits per heavy atom. The number of aromatic nitrogens is 1. The summed E-state index contributed by atoms with van der Waals surface area (Å²) in [5, 5.41) is 5.52. The Hall–Kier alpha value is -3.35. The molecule has 156 valence electrons. The first-order valence-electron chi connectivity index (χ1n) is 10.3. The molecular weight excluding hydrogens is 380 g/mol. The van der Waals surface area contributed by atoms with Gasteiger partial charge in [0, 0.05) is 19.6 Å². The zero-order valence-electron chi connectivity index (χ0n) is 17.0. The predicted octanol–water partition coefficient (Wildman–Crippen LogP) is 3.04. The number of carbonyl (C=O) groups is 2. The van der Waals surface area contributed by atoms with Crippen molar-refractivity contribution < 1.29 is 14.0 Å². The van der Waals surface area contributed by atoms with E-state index in [0.717, 1.165) is 42.6 Å². The molecule has 1 aliphatic rings. The lowest BCUT2D eigenvalue weighted by Gasteiger charge is -2.30. The van der Waals surface area contributed by atoms with Crippen LogP contribution < -0.4 is 15.5 Å². The number of rotatable bonds is 5. The van der Waals surface area contributed by atoms with Gasteiger partial charge in [0.2, 0.25) is 0 Å². The zero-order valence-corrected chi connectivity index (χ0v) is 17.0. The van der Waals surface area contributed by atoms with Gasteiger partial charge in [-0.3, -0.25) is 9.59 Å². The normalized spacial score (nSPS) is 15.7. The first kappa shape index (κ1) is 19.9. The molecule has 1 fully saturated rings. The standard InChI is InChI=1S/C23H26N4O3/c1-16(18-7-3-2-4-8-18)25-22(29)21(28)24-15-17-11-13-27(14-12-17)23-26-19-9-5-6-10-20(19)30-23/h2-10,16-17H,11-15H2,1H3,(H,24,28)(H,25,29). The number of para-hydroxylation sites is 2. The molecule has 1 unspecified atom stereocenters. The van der Waals surface area contributed by atoms with Crippen molar-refractivity contribution in [3.8, 4) is 0 Å². The third kappa shape index (κ3) is 4.62. The van der Waals surface area contributed by atoms with Crippen LogP contribution in [0, 0.1) is 5.92 Å². The van der Waals surface area contributed by atoms with E-state index in [1.165, 1.54) is 0 Å². The number of hydrogen-bond acceptors (Lipinski definition) is 5. The fourth-order valence-corrected chi connectivity index (χ4v) is 3.73. The van der Waals surface area contributed by atoms with Crippen molar-refractivity contribution >= 4 is 28.9 Å².